The van der Waals surface area contributed by atoms with Crippen LogP contribution in [0.1, 0.15) is 26.2 Å². The Kier molecular flexibility index (Phi) is 1.34. The highest BCUT2D eigenvalue weighted by Crippen LogP contribution is 2.42. The van der Waals surface area contributed by atoms with Crippen molar-refractivity contribution >= 4 is 5.96 Å². The van der Waals surface area contributed by atoms with Gasteiger partial charge in [0, 0.05) is 0 Å². The van der Waals surface area contributed by atoms with E-state index in [0.717, 1.165) is 18.9 Å². The summed E-state index contributed by atoms with van der Waals surface area (Å²) in [7, 11) is 0. The van der Waals surface area contributed by atoms with E-state index in [1.54, 1.807) is 0 Å². The van der Waals surface area contributed by atoms with Gasteiger partial charge in [-0.2, -0.15) is 0 Å². The Morgan fingerprint density at radius 1 is 1.73 bits per heavy atom. The second-order valence-corrected chi connectivity index (χ2v) is 3.61. The molecule has 1 heterocycles. The zero-order chi connectivity index (χ0) is 7.90. The molecular formula is C8H15N3. The van der Waals surface area contributed by atoms with Gasteiger partial charge in [0.05, 0.1) is 12.1 Å². The fraction of sp³-hybridized carbons (Fsp3) is 0.875. The van der Waals surface area contributed by atoms with E-state index >= 15 is 0 Å². The average Bonchev–Trinajstić information content (AvgIpc) is 2.77. The normalized spacial score (nSPS) is 36.6. The maximum atomic E-state index is 5.59. The second-order valence-electron chi connectivity index (χ2n) is 3.61. The molecule has 1 unspecified atom stereocenters. The molecule has 0 amide bonds. The smallest absolute Gasteiger partial charge is 0.189 e. The molecule has 0 bridgehead atoms. The summed E-state index contributed by atoms with van der Waals surface area (Å²) in [6.45, 7) is 3.10. The summed E-state index contributed by atoms with van der Waals surface area (Å²) in [4.78, 5) is 4.21. The maximum Gasteiger partial charge on any atom is 0.189 e. The lowest BCUT2D eigenvalue weighted by molar-refractivity contribution is 0.347. The van der Waals surface area contributed by atoms with Crippen molar-refractivity contribution in [1.29, 1.82) is 0 Å². The Morgan fingerprint density at radius 2 is 2.45 bits per heavy atom. The van der Waals surface area contributed by atoms with Crippen LogP contribution in [0.2, 0.25) is 0 Å². The lowest BCUT2D eigenvalue weighted by atomic mass is 9.91. The van der Waals surface area contributed by atoms with Crippen molar-refractivity contribution in [3.05, 3.63) is 0 Å². The van der Waals surface area contributed by atoms with Crippen molar-refractivity contribution in [2.75, 3.05) is 6.54 Å². The zero-order valence-electron chi connectivity index (χ0n) is 6.93. The van der Waals surface area contributed by atoms with Crippen LogP contribution in [0, 0.1) is 5.92 Å². The van der Waals surface area contributed by atoms with Gasteiger partial charge >= 0.3 is 0 Å². The summed E-state index contributed by atoms with van der Waals surface area (Å²) in [5.74, 6) is 1.47. The van der Waals surface area contributed by atoms with Crippen molar-refractivity contribution < 1.29 is 0 Å². The van der Waals surface area contributed by atoms with E-state index in [2.05, 4.69) is 17.2 Å². The average molecular weight is 153 g/mol. The molecule has 0 radical (unpaired) electrons. The molecule has 0 aromatic rings. The number of hydrogen-bond donors (Lipinski definition) is 2. The predicted octanol–water partition coefficient (Wildman–Crippen LogP) is 0.463. The van der Waals surface area contributed by atoms with E-state index < -0.39 is 0 Å². The first-order valence-electron chi connectivity index (χ1n) is 4.35. The summed E-state index contributed by atoms with van der Waals surface area (Å²) in [6.07, 6.45) is 3.84. The van der Waals surface area contributed by atoms with E-state index in [0.29, 0.717) is 5.96 Å². The van der Waals surface area contributed by atoms with Crippen molar-refractivity contribution in [2.24, 2.45) is 16.6 Å². The number of hydrogen-bond acceptors (Lipinski definition) is 3. The Morgan fingerprint density at radius 3 is 2.82 bits per heavy atom. The molecule has 1 fully saturated rings. The van der Waals surface area contributed by atoms with Gasteiger partial charge in [-0.05, 0) is 25.2 Å². The fourth-order valence-corrected chi connectivity index (χ4v) is 1.92. The maximum absolute atomic E-state index is 5.59. The monoisotopic (exact) mass is 153 g/mol. The number of guanidine groups is 1. The van der Waals surface area contributed by atoms with E-state index in [1.807, 2.05) is 0 Å². The third kappa shape index (κ3) is 0.988. The zero-order valence-corrected chi connectivity index (χ0v) is 6.93. The number of rotatable bonds is 2. The Bertz CT molecular complexity index is 196. The van der Waals surface area contributed by atoms with Crippen LogP contribution in [0.25, 0.3) is 0 Å². The van der Waals surface area contributed by atoms with Gasteiger partial charge < -0.3 is 11.1 Å². The van der Waals surface area contributed by atoms with Crippen LogP contribution < -0.4 is 11.1 Å². The first-order chi connectivity index (χ1) is 5.27. The van der Waals surface area contributed by atoms with E-state index in [4.69, 9.17) is 5.73 Å². The van der Waals surface area contributed by atoms with Gasteiger partial charge in [-0.25, -0.2) is 0 Å². The SMILES string of the molecule is CCC1(C2CC2)CN=C(N)N1. The van der Waals surface area contributed by atoms with Crippen LogP contribution in [0.5, 0.6) is 0 Å². The van der Waals surface area contributed by atoms with Crippen molar-refractivity contribution in [3.63, 3.8) is 0 Å². The van der Waals surface area contributed by atoms with Crippen molar-refractivity contribution in [3.8, 4) is 0 Å². The van der Waals surface area contributed by atoms with Crippen LogP contribution in [0.15, 0.2) is 4.99 Å². The standard InChI is InChI=1S/C8H15N3/c1-2-8(6-3-4-6)5-10-7(9)11-8/h6H,2-5H2,1H3,(H3,9,10,11). The van der Waals surface area contributed by atoms with Gasteiger partial charge in [-0.1, -0.05) is 6.92 Å². The van der Waals surface area contributed by atoms with Crippen molar-refractivity contribution in [1.82, 2.24) is 5.32 Å². The van der Waals surface area contributed by atoms with Crippen LogP contribution in [-0.2, 0) is 0 Å². The van der Waals surface area contributed by atoms with Crippen LogP contribution in [0.3, 0.4) is 0 Å². The Hall–Kier alpha value is -0.730. The van der Waals surface area contributed by atoms with E-state index in [-0.39, 0.29) is 5.54 Å². The molecule has 0 aromatic carbocycles. The van der Waals surface area contributed by atoms with Gasteiger partial charge in [0.25, 0.3) is 0 Å². The number of nitrogens with one attached hydrogen (secondary N) is 1. The third-order valence-electron chi connectivity index (χ3n) is 2.90. The molecule has 1 aliphatic heterocycles. The minimum Gasteiger partial charge on any atom is -0.370 e. The molecule has 3 heteroatoms. The first kappa shape index (κ1) is 6.95. The number of nitrogens with zero attached hydrogens (tertiary/aromatic N) is 1. The topological polar surface area (TPSA) is 50.4 Å². The Balaban J connectivity index is 2.08. The predicted molar refractivity (Wildman–Crippen MR) is 45.4 cm³/mol. The lowest BCUT2D eigenvalue weighted by Gasteiger charge is -2.27. The van der Waals surface area contributed by atoms with Crippen molar-refractivity contribution in [2.45, 2.75) is 31.7 Å². The molecule has 1 atom stereocenters. The Labute approximate surface area is 67.1 Å². The molecule has 1 aliphatic carbocycles. The summed E-state index contributed by atoms with van der Waals surface area (Å²) < 4.78 is 0. The molecule has 1 saturated carbocycles. The molecule has 62 valence electrons. The van der Waals surface area contributed by atoms with E-state index in [1.165, 1.54) is 12.8 Å². The quantitative estimate of drug-likeness (QED) is 0.605. The molecule has 3 nitrogen and oxygen atoms in total. The minimum atomic E-state index is 0.240. The molecule has 3 N–H and O–H groups in total. The summed E-state index contributed by atoms with van der Waals surface area (Å²) in [6, 6.07) is 0. The van der Waals surface area contributed by atoms with E-state index in [9.17, 15) is 0 Å². The molecule has 0 aromatic heterocycles. The molecule has 11 heavy (non-hydrogen) atoms. The molecule has 2 aliphatic rings. The summed E-state index contributed by atoms with van der Waals surface area (Å²) >= 11 is 0. The fourth-order valence-electron chi connectivity index (χ4n) is 1.92. The summed E-state index contributed by atoms with van der Waals surface area (Å²) in [5, 5.41) is 3.31. The highest BCUT2D eigenvalue weighted by Gasteiger charge is 2.46. The van der Waals surface area contributed by atoms with Gasteiger partial charge in [0.15, 0.2) is 5.96 Å². The highest BCUT2D eigenvalue weighted by atomic mass is 15.2. The highest BCUT2D eigenvalue weighted by molar-refractivity contribution is 5.80. The number of nitrogens with two attached hydrogens (primary N) is 1. The lowest BCUT2D eigenvalue weighted by Crippen LogP contribution is -2.49. The first-order valence-corrected chi connectivity index (χ1v) is 4.35. The molecular weight excluding hydrogens is 138 g/mol. The van der Waals surface area contributed by atoms with Gasteiger partial charge in [0.1, 0.15) is 0 Å². The van der Waals surface area contributed by atoms with Crippen LogP contribution >= 0.6 is 0 Å². The third-order valence-corrected chi connectivity index (χ3v) is 2.90. The van der Waals surface area contributed by atoms with Gasteiger partial charge in [0.2, 0.25) is 0 Å². The number of aliphatic imine (C=N–C) groups is 1. The minimum absolute atomic E-state index is 0.240. The van der Waals surface area contributed by atoms with Crippen LogP contribution in [-0.4, -0.2) is 18.0 Å². The molecule has 2 rings (SSSR count). The van der Waals surface area contributed by atoms with Gasteiger partial charge in [-0.3, -0.25) is 4.99 Å². The van der Waals surface area contributed by atoms with Gasteiger partial charge in [-0.15, -0.1) is 0 Å². The largest absolute Gasteiger partial charge is 0.370 e. The second kappa shape index (κ2) is 2.13. The van der Waals surface area contributed by atoms with Crippen LogP contribution in [0.4, 0.5) is 0 Å². The molecule has 0 saturated heterocycles. The summed E-state index contributed by atoms with van der Waals surface area (Å²) in [5.41, 5.74) is 5.83. The molecule has 0 spiro atoms.